The molecule has 0 amide bonds. The van der Waals surface area contributed by atoms with Crippen LogP contribution in [0.4, 0.5) is 0 Å². The van der Waals surface area contributed by atoms with Crippen LogP contribution >= 0.6 is 0 Å². The summed E-state index contributed by atoms with van der Waals surface area (Å²) in [4.78, 5) is 15.3. The second kappa shape index (κ2) is 14.7. The van der Waals surface area contributed by atoms with E-state index in [1.165, 1.54) is 21.9 Å². The van der Waals surface area contributed by atoms with E-state index < -0.39 is 0 Å². The van der Waals surface area contributed by atoms with E-state index in [4.69, 9.17) is 19.4 Å². The molecular weight excluding hydrogens is 757 g/mol. The topological polar surface area (TPSA) is 56.7 Å². The molecule has 12 aromatic rings. The van der Waals surface area contributed by atoms with Gasteiger partial charge in [-0.05, 0) is 81.9 Å². The molecule has 5 heteroatoms. The number of benzene rings is 9. The van der Waals surface area contributed by atoms with Crippen molar-refractivity contribution in [3.05, 3.63) is 218 Å². The molecule has 0 aliphatic carbocycles. The van der Waals surface area contributed by atoms with Crippen molar-refractivity contribution >= 4 is 43.7 Å². The largest absolute Gasteiger partial charge is 0.454 e. The van der Waals surface area contributed by atoms with Crippen LogP contribution in [0, 0.1) is 0 Å². The number of hydrogen-bond donors (Lipinski definition) is 0. The molecule has 3 heterocycles. The zero-order chi connectivity index (χ0) is 41.0. The van der Waals surface area contributed by atoms with Gasteiger partial charge < -0.3 is 8.98 Å². The highest BCUT2D eigenvalue weighted by Gasteiger charge is 2.21. The molecule has 9 aromatic carbocycles. The SMILES string of the molecule is c1ccc(-c2cccc(-c3nc(-c4ccccc4)nc(-c4ccc5c(c4)oc4c(-n6c7ccccc7c7cc(-c8ccccc8)ccc76)cc(-c6ccccc6)cc45)n3)c2)cc1. The van der Waals surface area contributed by atoms with Gasteiger partial charge in [0.05, 0.1) is 16.7 Å². The highest BCUT2D eigenvalue weighted by atomic mass is 16.3. The average molecular weight is 793 g/mol. The van der Waals surface area contributed by atoms with Crippen molar-refractivity contribution in [2.45, 2.75) is 0 Å². The summed E-state index contributed by atoms with van der Waals surface area (Å²) in [5, 5.41) is 4.43. The van der Waals surface area contributed by atoms with Crippen LogP contribution in [-0.2, 0) is 0 Å². The van der Waals surface area contributed by atoms with Crippen LogP contribution in [0.3, 0.4) is 0 Å². The summed E-state index contributed by atoms with van der Waals surface area (Å²) in [7, 11) is 0. The molecule has 0 radical (unpaired) electrons. The maximum Gasteiger partial charge on any atom is 0.164 e. The monoisotopic (exact) mass is 792 g/mol. The highest BCUT2D eigenvalue weighted by molar-refractivity contribution is 6.14. The quantitative estimate of drug-likeness (QED) is 0.161. The molecular formula is C57H36N4O. The van der Waals surface area contributed by atoms with E-state index in [0.29, 0.717) is 17.5 Å². The highest BCUT2D eigenvalue weighted by Crippen LogP contribution is 2.42. The van der Waals surface area contributed by atoms with E-state index in [1.54, 1.807) is 0 Å². The normalized spacial score (nSPS) is 11.5. The van der Waals surface area contributed by atoms with Crippen LogP contribution < -0.4 is 0 Å². The molecule has 0 unspecified atom stereocenters. The Morgan fingerprint density at radius 3 is 1.45 bits per heavy atom. The number of para-hydroxylation sites is 1. The van der Waals surface area contributed by atoms with E-state index >= 15 is 0 Å². The maximum absolute atomic E-state index is 7.05. The molecule has 0 fully saturated rings. The van der Waals surface area contributed by atoms with Gasteiger partial charge >= 0.3 is 0 Å². The lowest BCUT2D eigenvalue weighted by Crippen LogP contribution is -2.00. The van der Waals surface area contributed by atoms with Gasteiger partial charge in [0.25, 0.3) is 0 Å². The van der Waals surface area contributed by atoms with Crippen molar-refractivity contribution in [2.75, 3.05) is 0 Å². The van der Waals surface area contributed by atoms with Gasteiger partial charge in [-0.2, -0.15) is 0 Å². The summed E-state index contributed by atoms with van der Waals surface area (Å²) in [6, 6.07) is 76.3. The number of fused-ring (bicyclic) bond motifs is 6. The van der Waals surface area contributed by atoms with Crippen LogP contribution in [0.5, 0.6) is 0 Å². The van der Waals surface area contributed by atoms with Crippen molar-refractivity contribution in [1.82, 2.24) is 19.5 Å². The molecule has 5 nitrogen and oxygen atoms in total. The minimum absolute atomic E-state index is 0.572. The Kier molecular flexibility index (Phi) is 8.42. The molecule has 0 spiro atoms. The van der Waals surface area contributed by atoms with Gasteiger partial charge in [0.1, 0.15) is 5.58 Å². The zero-order valence-electron chi connectivity index (χ0n) is 33.5. The summed E-state index contributed by atoms with van der Waals surface area (Å²) in [6.07, 6.45) is 0. The third-order valence-electron chi connectivity index (χ3n) is 11.8. The van der Waals surface area contributed by atoms with Crippen molar-refractivity contribution in [3.8, 4) is 73.2 Å². The zero-order valence-corrected chi connectivity index (χ0v) is 33.5. The first-order chi connectivity index (χ1) is 30.7. The van der Waals surface area contributed by atoms with Crippen molar-refractivity contribution in [1.29, 1.82) is 0 Å². The Bertz CT molecular complexity index is 3610. The van der Waals surface area contributed by atoms with E-state index in [-0.39, 0.29) is 0 Å². The van der Waals surface area contributed by atoms with Crippen molar-refractivity contribution < 1.29 is 4.42 Å². The lowest BCUT2D eigenvalue weighted by Gasteiger charge is -2.12. The van der Waals surface area contributed by atoms with Gasteiger partial charge in [-0.25, -0.2) is 15.0 Å². The first kappa shape index (κ1) is 35.5. The van der Waals surface area contributed by atoms with E-state index in [9.17, 15) is 0 Å². The summed E-state index contributed by atoms with van der Waals surface area (Å²) >= 11 is 0. The van der Waals surface area contributed by atoms with Crippen molar-refractivity contribution in [3.63, 3.8) is 0 Å². The first-order valence-electron chi connectivity index (χ1n) is 20.8. The fourth-order valence-electron chi connectivity index (χ4n) is 8.82. The third-order valence-corrected chi connectivity index (χ3v) is 11.8. The van der Waals surface area contributed by atoms with Gasteiger partial charge in [-0.3, -0.25) is 0 Å². The summed E-state index contributed by atoms with van der Waals surface area (Å²) in [6.45, 7) is 0. The smallest absolute Gasteiger partial charge is 0.164 e. The number of furan rings is 1. The van der Waals surface area contributed by atoms with Crippen LogP contribution in [-0.4, -0.2) is 19.5 Å². The minimum atomic E-state index is 0.572. The van der Waals surface area contributed by atoms with Gasteiger partial charge in [-0.15, -0.1) is 0 Å². The Morgan fingerprint density at radius 2 is 0.774 bits per heavy atom. The Balaban J connectivity index is 1.06. The van der Waals surface area contributed by atoms with Crippen LogP contribution in [0.15, 0.2) is 223 Å². The van der Waals surface area contributed by atoms with Crippen molar-refractivity contribution in [2.24, 2.45) is 0 Å². The van der Waals surface area contributed by atoms with E-state index in [0.717, 1.165) is 77.6 Å². The number of hydrogen-bond acceptors (Lipinski definition) is 4. The van der Waals surface area contributed by atoms with Gasteiger partial charge in [0.2, 0.25) is 0 Å². The van der Waals surface area contributed by atoms with Gasteiger partial charge in [-0.1, -0.05) is 170 Å². The average Bonchev–Trinajstić information content (AvgIpc) is 3.90. The second-order valence-corrected chi connectivity index (χ2v) is 15.6. The molecule has 0 aliphatic heterocycles. The van der Waals surface area contributed by atoms with Crippen LogP contribution in [0.1, 0.15) is 0 Å². The summed E-state index contributed by atoms with van der Waals surface area (Å²) in [5.41, 5.74) is 14.3. The predicted molar refractivity (Wildman–Crippen MR) is 254 cm³/mol. The lowest BCUT2D eigenvalue weighted by atomic mass is 10.0. The van der Waals surface area contributed by atoms with Crippen LogP contribution in [0.25, 0.3) is 117 Å². The Labute approximate surface area is 357 Å². The number of rotatable bonds is 7. The fourth-order valence-corrected chi connectivity index (χ4v) is 8.82. The standard InChI is InChI=1S/C57H36N4O/c1-5-16-37(17-6-1)41-24-15-25-43(32-41)56-58-55(40-22-11-4-12-23-40)59-57(60-56)44-28-30-47-49-34-45(39-20-9-3-10-21-39)35-52(54(49)62-53(47)36-44)61-50-27-14-13-26-46(50)48-33-42(29-31-51(48)61)38-18-7-2-8-19-38/h1-36H. The Morgan fingerprint density at radius 1 is 0.290 bits per heavy atom. The first-order valence-corrected chi connectivity index (χ1v) is 20.8. The predicted octanol–water partition coefficient (Wildman–Crippen LogP) is 14.9. The minimum Gasteiger partial charge on any atom is -0.454 e. The third kappa shape index (κ3) is 6.14. The van der Waals surface area contributed by atoms with Crippen LogP contribution in [0.2, 0.25) is 0 Å². The lowest BCUT2D eigenvalue weighted by molar-refractivity contribution is 0.666. The fraction of sp³-hybridized carbons (Fsp3) is 0. The Hall–Kier alpha value is -8.41. The molecule has 0 saturated carbocycles. The molecule has 0 N–H and O–H groups in total. The summed E-state index contributed by atoms with van der Waals surface area (Å²) < 4.78 is 9.42. The van der Waals surface area contributed by atoms with Gasteiger partial charge in [0.15, 0.2) is 23.1 Å². The molecule has 62 heavy (non-hydrogen) atoms. The molecule has 12 rings (SSSR count). The molecule has 290 valence electrons. The second-order valence-electron chi connectivity index (χ2n) is 15.6. The molecule has 0 atom stereocenters. The molecule has 0 aliphatic rings. The molecule has 0 saturated heterocycles. The van der Waals surface area contributed by atoms with Gasteiger partial charge in [0, 0.05) is 38.2 Å². The molecule has 3 aromatic heterocycles. The van der Waals surface area contributed by atoms with E-state index in [2.05, 4.69) is 187 Å². The number of nitrogens with zero attached hydrogens (tertiary/aromatic N) is 4. The maximum atomic E-state index is 7.05. The molecule has 0 bridgehead atoms. The van der Waals surface area contributed by atoms with E-state index in [1.807, 2.05) is 36.4 Å². The number of aromatic nitrogens is 4. The summed E-state index contributed by atoms with van der Waals surface area (Å²) in [5.74, 6) is 1.79.